The summed E-state index contributed by atoms with van der Waals surface area (Å²) in [6.45, 7) is 0. The minimum absolute atomic E-state index is 0.0996. The number of thioether (sulfide) groups is 1. The third-order valence-corrected chi connectivity index (χ3v) is 5.53. The van der Waals surface area contributed by atoms with Gasteiger partial charge in [0.1, 0.15) is 0 Å². The van der Waals surface area contributed by atoms with Gasteiger partial charge in [0.05, 0.1) is 21.4 Å². The summed E-state index contributed by atoms with van der Waals surface area (Å²) in [6.07, 6.45) is 1.10. The first-order valence-corrected chi connectivity index (χ1v) is 10.1. The second kappa shape index (κ2) is 7.57. The summed E-state index contributed by atoms with van der Waals surface area (Å²) in [7, 11) is -3.36. The quantitative estimate of drug-likeness (QED) is 0.780. The Hall–Kier alpha value is -1.21. The van der Waals surface area contributed by atoms with Gasteiger partial charge in [0, 0.05) is 16.2 Å². The van der Waals surface area contributed by atoms with Crippen LogP contribution in [0.2, 0.25) is 10.0 Å². The van der Waals surface area contributed by atoms with Gasteiger partial charge in [0.2, 0.25) is 5.91 Å². The Morgan fingerprint density at radius 3 is 2.39 bits per heavy atom. The van der Waals surface area contributed by atoms with Gasteiger partial charge < -0.3 is 5.32 Å². The van der Waals surface area contributed by atoms with Crippen LogP contribution in [0.5, 0.6) is 0 Å². The number of hydrogen-bond acceptors (Lipinski definition) is 4. The molecule has 1 amide bonds. The van der Waals surface area contributed by atoms with E-state index in [2.05, 4.69) is 5.32 Å². The molecular formula is C15H13Cl2NO3S2. The SMILES string of the molecule is CS(=O)(=O)c1ccc(Cl)c(NC(=O)CSc2ccc(Cl)cc2)c1. The van der Waals surface area contributed by atoms with Crippen LogP contribution < -0.4 is 5.32 Å². The van der Waals surface area contributed by atoms with Crippen LogP contribution in [-0.2, 0) is 14.6 Å². The zero-order chi connectivity index (χ0) is 17.0. The topological polar surface area (TPSA) is 63.2 Å². The number of hydrogen-bond donors (Lipinski definition) is 1. The van der Waals surface area contributed by atoms with E-state index in [1.165, 1.54) is 30.0 Å². The van der Waals surface area contributed by atoms with E-state index in [1.807, 2.05) is 12.1 Å². The van der Waals surface area contributed by atoms with Crippen molar-refractivity contribution in [3.8, 4) is 0 Å². The van der Waals surface area contributed by atoms with Crippen LogP contribution in [0, 0.1) is 0 Å². The number of amides is 1. The van der Waals surface area contributed by atoms with Crippen LogP contribution in [0.3, 0.4) is 0 Å². The Bertz CT molecular complexity index is 821. The second-order valence-electron chi connectivity index (χ2n) is 4.70. The van der Waals surface area contributed by atoms with E-state index in [1.54, 1.807) is 12.1 Å². The summed E-state index contributed by atoms with van der Waals surface area (Å²) in [5.74, 6) is -0.112. The highest BCUT2D eigenvalue weighted by Crippen LogP contribution is 2.26. The molecule has 0 aliphatic carbocycles. The maximum atomic E-state index is 12.0. The summed E-state index contributed by atoms with van der Waals surface area (Å²) in [4.78, 5) is 13.0. The fourth-order valence-electron chi connectivity index (χ4n) is 1.70. The molecule has 2 aromatic rings. The third kappa shape index (κ3) is 5.42. The van der Waals surface area contributed by atoms with Crippen molar-refractivity contribution in [3.05, 3.63) is 52.5 Å². The molecule has 122 valence electrons. The lowest BCUT2D eigenvalue weighted by atomic mass is 10.3. The molecule has 23 heavy (non-hydrogen) atoms. The van der Waals surface area contributed by atoms with Crippen molar-refractivity contribution in [2.75, 3.05) is 17.3 Å². The maximum Gasteiger partial charge on any atom is 0.234 e. The highest BCUT2D eigenvalue weighted by Gasteiger charge is 2.12. The first-order valence-electron chi connectivity index (χ1n) is 6.43. The first-order chi connectivity index (χ1) is 10.8. The molecular weight excluding hydrogens is 377 g/mol. The molecule has 0 heterocycles. The Morgan fingerprint density at radius 2 is 1.78 bits per heavy atom. The molecule has 0 radical (unpaired) electrons. The zero-order valence-corrected chi connectivity index (χ0v) is 15.2. The number of rotatable bonds is 5. The number of halogens is 2. The van der Waals surface area contributed by atoms with E-state index in [-0.39, 0.29) is 27.3 Å². The predicted molar refractivity (Wildman–Crippen MR) is 95.4 cm³/mol. The Kier molecular flexibility index (Phi) is 5.97. The molecule has 0 unspecified atom stereocenters. The molecule has 0 aliphatic heterocycles. The van der Waals surface area contributed by atoms with Crippen molar-refractivity contribution in [2.45, 2.75) is 9.79 Å². The van der Waals surface area contributed by atoms with E-state index in [4.69, 9.17) is 23.2 Å². The number of nitrogens with one attached hydrogen (secondary N) is 1. The Labute approximate surface area is 149 Å². The zero-order valence-electron chi connectivity index (χ0n) is 12.0. The molecule has 1 N–H and O–H groups in total. The van der Waals surface area contributed by atoms with Crippen molar-refractivity contribution in [1.29, 1.82) is 0 Å². The normalized spacial score (nSPS) is 11.3. The van der Waals surface area contributed by atoms with Crippen LogP contribution in [0.25, 0.3) is 0 Å². The van der Waals surface area contributed by atoms with Crippen molar-refractivity contribution < 1.29 is 13.2 Å². The van der Waals surface area contributed by atoms with Crippen LogP contribution in [0.1, 0.15) is 0 Å². The molecule has 0 saturated carbocycles. The number of carbonyl (C=O) groups is 1. The van der Waals surface area contributed by atoms with Gasteiger partial charge in [0.15, 0.2) is 9.84 Å². The molecule has 0 fully saturated rings. The molecule has 8 heteroatoms. The van der Waals surface area contributed by atoms with Gasteiger partial charge in [-0.2, -0.15) is 0 Å². The Balaban J connectivity index is 2.04. The first kappa shape index (κ1) is 18.1. The molecule has 4 nitrogen and oxygen atoms in total. The monoisotopic (exact) mass is 389 g/mol. The van der Waals surface area contributed by atoms with Crippen molar-refractivity contribution in [1.82, 2.24) is 0 Å². The smallest absolute Gasteiger partial charge is 0.234 e. The van der Waals surface area contributed by atoms with Gasteiger partial charge in [0.25, 0.3) is 0 Å². The van der Waals surface area contributed by atoms with Crippen LogP contribution in [0.4, 0.5) is 5.69 Å². The van der Waals surface area contributed by atoms with E-state index >= 15 is 0 Å². The van der Waals surface area contributed by atoms with Gasteiger partial charge >= 0.3 is 0 Å². The van der Waals surface area contributed by atoms with Gasteiger partial charge in [-0.25, -0.2) is 8.42 Å². The van der Waals surface area contributed by atoms with Crippen molar-refractivity contribution in [3.63, 3.8) is 0 Å². The van der Waals surface area contributed by atoms with Gasteiger partial charge in [-0.15, -0.1) is 11.8 Å². The number of benzene rings is 2. The van der Waals surface area contributed by atoms with Crippen LogP contribution >= 0.6 is 35.0 Å². The summed E-state index contributed by atoms with van der Waals surface area (Å²) in [5.41, 5.74) is 0.274. The van der Waals surface area contributed by atoms with Gasteiger partial charge in [-0.3, -0.25) is 4.79 Å². The molecule has 0 saturated heterocycles. The van der Waals surface area contributed by atoms with E-state index < -0.39 is 9.84 Å². The van der Waals surface area contributed by atoms with E-state index in [9.17, 15) is 13.2 Å². The average Bonchev–Trinajstić information content (AvgIpc) is 2.48. The average molecular weight is 390 g/mol. The summed E-state index contributed by atoms with van der Waals surface area (Å²) in [5, 5.41) is 3.53. The van der Waals surface area contributed by atoms with Crippen molar-refractivity contribution >= 4 is 56.4 Å². The molecule has 0 bridgehead atoms. The maximum absolute atomic E-state index is 12.0. The van der Waals surface area contributed by atoms with Crippen LogP contribution in [0.15, 0.2) is 52.3 Å². The minimum Gasteiger partial charge on any atom is -0.324 e. The molecule has 0 atom stereocenters. The Morgan fingerprint density at radius 1 is 1.13 bits per heavy atom. The fourth-order valence-corrected chi connectivity index (χ4v) is 3.33. The number of carbonyl (C=O) groups excluding carboxylic acids is 1. The fraction of sp³-hybridized carbons (Fsp3) is 0.133. The minimum atomic E-state index is -3.36. The summed E-state index contributed by atoms with van der Waals surface area (Å²) in [6, 6.07) is 11.3. The second-order valence-corrected chi connectivity index (χ2v) is 8.61. The molecule has 2 aromatic carbocycles. The molecule has 2 rings (SSSR count). The molecule has 0 aliphatic rings. The molecule has 0 aromatic heterocycles. The van der Waals surface area contributed by atoms with Crippen molar-refractivity contribution in [2.24, 2.45) is 0 Å². The van der Waals surface area contributed by atoms with Gasteiger partial charge in [-0.1, -0.05) is 23.2 Å². The lowest BCUT2D eigenvalue weighted by Gasteiger charge is -2.09. The van der Waals surface area contributed by atoms with E-state index in [0.717, 1.165) is 11.2 Å². The van der Waals surface area contributed by atoms with E-state index in [0.29, 0.717) is 5.02 Å². The standard InChI is InChI=1S/C15H13Cl2NO3S2/c1-23(20,21)12-6-7-13(17)14(8-12)18-15(19)9-22-11-4-2-10(16)3-5-11/h2-8H,9H2,1H3,(H,18,19). The predicted octanol–water partition coefficient (Wildman–Crippen LogP) is 4.13. The number of anilines is 1. The van der Waals surface area contributed by atoms with Crippen LogP contribution in [-0.4, -0.2) is 26.3 Å². The largest absolute Gasteiger partial charge is 0.324 e. The number of sulfone groups is 1. The van der Waals surface area contributed by atoms with Gasteiger partial charge in [-0.05, 0) is 42.5 Å². The highest BCUT2D eigenvalue weighted by atomic mass is 35.5. The lowest BCUT2D eigenvalue weighted by molar-refractivity contribution is -0.113. The third-order valence-electron chi connectivity index (χ3n) is 2.82. The summed E-state index contributed by atoms with van der Waals surface area (Å²) < 4.78 is 23.1. The lowest BCUT2D eigenvalue weighted by Crippen LogP contribution is -2.14. The molecule has 0 spiro atoms. The highest BCUT2D eigenvalue weighted by molar-refractivity contribution is 8.00. The summed E-state index contributed by atoms with van der Waals surface area (Å²) >= 11 is 13.1.